The first-order valence-electron chi connectivity index (χ1n) is 9.43. The van der Waals surface area contributed by atoms with Gasteiger partial charge in [0.15, 0.2) is 0 Å². The molecule has 0 bridgehead atoms. The number of nitrogens with one attached hydrogen (secondary N) is 2. The summed E-state index contributed by atoms with van der Waals surface area (Å²) in [5.74, 6) is -0.269. The lowest BCUT2D eigenvalue weighted by molar-refractivity contribution is 0.102. The van der Waals surface area contributed by atoms with Crippen molar-refractivity contribution in [2.24, 2.45) is 0 Å². The molecule has 0 radical (unpaired) electrons. The minimum atomic E-state index is -3.60. The van der Waals surface area contributed by atoms with Crippen molar-refractivity contribution in [2.45, 2.75) is 30.7 Å². The normalized spacial score (nSPS) is 13.1. The molecule has 7 heteroatoms. The molecule has 0 atom stereocenters. The summed E-state index contributed by atoms with van der Waals surface area (Å²) in [6, 6.07) is 15.8. The van der Waals surface area contributed by atoms with Crippen LogP contribution in [0.5, 0.6) is 0 Å². The van der Waals surface area contributed by atoms with E-state index in [1.165, 1.54) is 11.8 Å². The van der Waals surface area contributed by atoms with Crippen LogP contribution in [0, 0.1) is 0 Å². The zero-order chi connectivity index (χ0) is 20.3. The molecular weight excluding hydrogens is 386 g/mol. The second kappa shape index (κ2) is 8.14. The average molecular weight is 407 g/mol. The van der Waals surface area contributed by atoms with E-state index in [2.05, 4.69) is 15.0 Å². The number of sulfonamides is 1. The van der Waals surface area contributed by atoms with E-state index < -0.39 is 10.0 Å². The van der Waals surface area contributed by atoms with Crippen molar-refractivity contribution in [3.63, 3.8) is 0 Å². The fraction of sp³-hybridized carbons (Fsp3) is 0.182. The van der Waals surface area contributed by atoms with E-state index in [9.17, 15) is 13.2 Å². The monoisotopic (exact) mass is 407 g/mol. The standard InChI is InChI=1S/C22H21N3O3S/c26-22(19-7-3-11-23-15-19)25-20-8-1-4-16(12-20)14-24-29(27,28)21-10-9-17-5-2-6-18(17)13-21/h1,3-4,7-13,15,24H,2,5-6,14H2,(H,25,26). The molecule has 0 aliphatic heterocycles. The third-order valence-corrected chi connectivity index (χ3v) is 6.35. The molecule has 0 saturated heterocycles. The Morgan fingerprint density at radius 1 is 1.00 bits per heavy atom. The van der Waals surface area contributed by atoms with Crippen molar-refractivity contribution in [3.05, 3.63) is 89.2 Å². The lowest BCUT2D eigenvalue weighted by Crippen LogP contribution is -2.23. The van der Waals surface area contributed by atoms with E-state index in [0.717, 1.165) is 30.4 Å². The number of aryl methyl sites for hydroxylation is 2. The number of nitrogens with zero attached hydrogens (tertiary/aromatic N) is 1. The summed E-state index contributed by atoms with van der Waals surface area (Å²) in [6.45, 7) is 0.135. The molecule has 29 heavy (non-hydrogen) atoms. The van der Waals surface area contributed by atoms with Gasteiger partial charge in [0.1, 0.15) is 0 Å². The average Bonchev–Trinajstić information content (AvgIpc) is 3.21. The minimum absolute atomic E-state index is 0.135. The number of fused-ring (bicyclic) bond motifs is 1. The van der Waals surface area contributed by atoms with Crippen molar-refractivity contribution in [2.75, 3.05) is 5.32 Å². The maximum atomic E-state index is 12.7. The Balaban J connectivity index is 1.43. The van der Waals surface area contributed by atoms with Crippen LogP contribution in [0.1, 0.15) is 33.5 Å². The van der Waals surface area contributed by atoms with E-state index >= 15 is 0 Å². The quantitative estimate of drug-likeness (QED) is 0.656. The van der Waals surface area contributed by atoms with Crippen LogP contribution in [0.15, 0.2) is 71.9 Å². The van der Waals surface area contributed by atoms with E-state index in [1.807, 2.05) is 12.1 Å². The largest absolute Gasteiger partial charge is 0.322 e. The van der Waals surface area contributed by atoms with E-state index in [4.69, 9.17) is 0 Å². The Morgan fingerprint density at radius 2 is 1.86 bits per heavy atom. The molecular formula is C22H21N3O3S. The lowest BCUT2D eigenvalue weighted by Gasteiger charge is -2.10. The van der Waals surface area contributed by atoms with E-state index in [1.54, 1.807) is 48.7 Å². The highest BCUT2D eigenvalue weighted by molar-refractivity contribution is 7.89. The second-order valence-electron chi connectivity index (χ2n) is 7.00. The highest BCUT2D eigenvalue weighted by atomic mass is 32.2. The van der Waals surface area contributed by atoms with Gasteiger partial charge in [-0.1, -0.05) is 18.2 Å². The zero-order valence-corrected chi connectivity index (χ0v) is 16.6. The first-order chi connectivity index (χ1) is 14.0. The molecule has 0 spiro atoms. The highest BCUT2D eigenvalue weighted by Gasteiger charge is 2.18. The van der Waals surface area contributed by atoms with E-state index in [0.29, 0.717) is 16.1 Å². The zero-order valence-electron chi connectivity index (χ0n) is 15.8. The number of pyridine rings is 1. The van der Waals surface area contributed by atoms with Crippen LogP contribution >= 0.6 is 0 Å². The predicted molar refractivity (Wildman–Crippen MR) is 111 cm³/mol. The van der Waals surface area contributed by atoms with Gasteiger partial charge >= 0.3 is 0 Å². The molecule has 1 aliphatic rings. The number of aromatic nitrogens is 1. The van der Waals surface area contributed by atoms with Gasteiger partial charge in [-0.05, 0) is 72.4 Å². The van der Waals surface area contributed by atoms with Crippen molar-refractivity contribution >= 4 is 21.6 Å². The summed E-state index contributed by atoms with van der Waals surface area (Å²) < 4.78 is 28.0. The highest BCUT2D eigenvalue weighted by Crippen LogP contribution is 2.24. The molecule has 4 rings (SSSR count). The molecule has 6 nitrogen and oxygen atoms in total. The number of carbonyl (C=O) groups is 1. The van der Waals surface area contributed by atoms with Gasteiger partial charge in [0.05, 0.1) is 10.5 Å². The first-order valence-corrected chi connectivity index (χ1v) is 10.9. The summed E-state index contributed by atoms with van der Waals surface area (Å²) in [6.07, 6.45) is 6.11. The van der Waals surface area contributed by atoms with Crippen LogP contribution < -0.4 is 10.0 Å². The smallest absolute Gasteiger partial charge is 0.257 e. The topological polar surface area (TPSA) is 88.2 Å². The Kier molecular flexibility index (Phi) is 5.42. The Morgan fingerprint density at radius 3 is 2.69 bits per heavy atom. The van der Waals surface area contributed by atoms with E-state index in [-0.39, 0.29) is 12.5 Å². The molecule has 1 amide bonds. The van der Waals surface area contributed by atoms with Gasteiger partial charge in [-0.2, -0.15) is 0 Å². The molecule has 148 valence electrons. The maximum absolute atomic E-state index is 12.7. The summed E-state index contributed by atoms with van der Waals surface area (Å²) in [5.41, 5.74) is 4.15. The van der Waals surface area contributed by atoms with Gasteiger partial charge in [-0.3, -0.25) is 9.78 Å². The molecule has 0 fully saturated rings. The lowest BCUT2D eigenvalue weighted by atomic mass is 10.1. The van der Waals surface area contributed by atoms with Crippen LogP contribution in [0.25, 0.3) is 0 Å². The number of hydrogen-bond donors (Lipinski definition) is 2. The van der Waals surface area contributed by atoms with Gasteiger partial charge in [0, 0.05) is 24.6 Å². The fourth-order valence-corrected chi connectivity index (χ4v) is 4.50. The molecule has 3 aromatic rings. The third-order valence-electron chi connectivity index (χ3n) is 4.96. The van der Waals surface area contributed by atoms with Gasteiger partial charge < -0.3 is 5.32 Å². The third kappa shape index (κ3) is 4.52. The maximum Gasteiger partial charge on any atom is 0.257 e. The number of benzene rings is 2. The number of amides is 1. The number of rotatable bonds is 6. The van der Waals surface area contributed by atoms with Gasteiger partial charge in [-0.25, -0.2) is 13.1 Å². The van der Waals surface area contributed by atoms with Crippen molar-refractivity contribution in [1.82, 2.24) is 9.71 Å². The first kappa shape index (κ1) is 19.3. The summed E-state index contributed by atoms with van der Waals surface area (Å²) >= 11 is 0. The van der Waals surface area contributed by atoms with Crippen molar-refractivity contribution < 1.29 is 13.2 Å². The molecule has 2 N–H and O–H groups in total. The molecule has 2 aromatic carbocycles. The Hall–Kier alpha value is -3.03. The predicted octanol–water partition coefficient (Wildman–Crippen LogP) is 3.30. The summed E-state index contributed by atoms with van der Waals surface area (Å²) in [5, 5.41) is 2.80. The number of anilines is 1. The molecule has 1 aliphatic carbocycles. The van der Waals surface area contributed by atoms with Gasteiger partial charge in [0.25, 0.3) is 5.91 Å². The van der Waals surface area contributed by atoms with Crippen molar-refractivity contribution in [3.8, 4) is 0 Å². The summed E-state index contributed by atoms with van der Waals surface area (Å²) in [4.78, 5) is 16.5. The fourth-order valence-electron chi connectivity index (χ4n) is 3.44. The summed E-state index contributed by atoms with van der Waals surface area (Å²) in [7, 11) is -3.60. The minimum Gasteiger partial charge on any atom is -0.322 e. The van der Waals surface area contributed by atoms with Crippen LogP contribution in [-0.2, 0) is 29.4 Å². The number of carbonyl (C=O) groups excluding carboxylic acids is 1. The number of hydrogen-bond acceptors (Lipinski definition) is 4. The van der Waals surface area contributed by atoms with Crippen LogP contribution in [0.3, 0.4) is 0 Å². The van der Waals surface area contributed by atoms with Crippen molar-refractivity contribution in [1.29, 1.82) is 0 Å². The van der Waals surface area contributed by atoms with Gasteiger partial charge in [-0.15, -0.1) is 0 Å². The molecule has 0 saturated carbocycles. The van der Waals surface area contributed by atoms with Crippen LogP contribution in [0.2, 0.25) is 0 Å². The SMILES string of the molecule is O=C(Nc1cccc(CNS(=O)(=O)c2ccc3c(c2)CCC3)c1)c1cccnc1. The van der Waals surface area contributed by atoms with Crippen LogP contribution in [0.4, 0.5) is 5.69 Å². The molecule has 0 unspecified atom stereocenters. The molecule has 1 heterocycles. The Labute approximate surface area is 170 Å². The Bertz CT molecular complexity index is 1140. The van der Waals surface area contributed by atoms with Crippen LogP contribution in [-0.4, -0.2) is 19.3 Å². The molecule has 1 aromatic heterocycles. The second-order valence-corrected chi connectivity index (χ2v) is 8.77. The van der Waals surface area contributed by atoms with Gasteiger partial charge in [0.2, 0.25) is 10.0 Å².